The molecule has 0 aliphatic carbocycles. The number of nitrogens with zero attached hydrogens (tertiary/aromatic N) is 5. The van der Waals surface area contributed by atoms with Crippen molar-refractivity contribution < 1.29 is 9.18 Å². The molecular formula is C28H31FN6O2. The number of benzene rings is 1. The third-order valence-corrected chi connectivity index (χ3v) is 7.00. The Bertz CT molecular complexity index is 1530. The molecule has 4 heterocycles. The third kappa shape index (κ3) is 4.54. The third-order valence-electron chi connectivity index (χ3n) is 7.00. The number of nitrogens with one attached hydrogen (secondary N) is 1. The summed E-state index contributed by atoms with van der Waals surface area (Å²) in [6.45, 7) is 10.0. The van der Waals surface area contributed by atoms with E-state index in [1.54, 1.807) is 18.0 Å². The van der Waals surface area contributed by atoms with Crippen LogP contribution in [0.1, 0.15) is 49.3 Å². The number of rotatable bonds is 5. The molecule has 1 N–H and O–H groups in total. The van der Waals surface area contributed by atoms with Crippen LogP contribution in [0.4, 0.5) is 4.39 Å². The molecule has 0 radical (unpaired) electrons. The highest BCUT2D eigenvalue weighted by molar-refractivity contribution is 6.06. The van der Waals surface area contributed by atoms with E-state index in [0.29, 0.717) is 23.6 Å². The van der Waals surface area contributed by atoms with Gasteiger partial charge in [0.1, 0.15) is 17.0 Å². The monoisotopic (exact) mass is 502 g/mol. The number of fused-ring (bicyclic) bond motifs is 1. The van der Waals surface area contributed by atoms with E-state index in [0.717, 1.165) is 12.0 Å². The maximum Gasteiger partial charge on any atom is 0.274 e. The average Bonchev–Trinajstić information content (AvgIpc) is 3.23. The standard InChI is InChI=1S/C28H31FN6O2/c1-16-24(31-11-10-30-16)25-23(27(37)34-15-20(14-29)17(34)2)26-32-21(12-22(36)35(26)33-25)19-8-6-18(7-9-19)13-28(3,4)5/h6-12,17,20,32H,13-15H2,1-5H3/t17-,20-/m0/s1. The van der Waals surface area contributed by atoms with E-state index in [4.69, 9.17) is 0 Å². The number of alkyl halides is 1. The van der Waals surface area contributed by atoms with Crippen LogP contribution in [-0.2, 0) is 6.42 Å². The fraction of sp³-hybridized carbons (Fsp3) is 0.393. The molecule has 0 bridgehead atoms. The Hall–Kier alpha value is -3.88. The zero-order valence-electron chi connectivity index (χ0n) is 21.7. The first-order valence-electron chi connectivity index (χ1n) is 12.5. The number of carbonyl (C=O) groups excluding carboxylic acids is 1. The van der Waals surface area contributed by atoms with Gasteiger partial charge in [-0.1, -0.05) is 45.0 Å². The number of aromatic nitrogens is 5. The Morgan fingerprint density at radius 1 is 1.14 bits per heavy atom. The maximum atomic E-state index is 13.8. The van der Waals surface area contributed by atoms with Gasteiger partial charge >= 0.3 is 0 Å². The number of hydrogen-bond donors (Lipinski definition) is 1. The van der Waals surface area contributed by atoms with Crippen LogP contribution in [0.25, 0.3) is 28.3 Å². The summed E-state index contributed by atoms with van der Waals surface area (Å²) < 4.78 is 14.5. The van der Waals surface area contributed by atoms with Gasteiger partial charge in [0.15, 0.2) is 5.65 Å². The van der Waals surface area contributed by atoms with Crippen molar-refractivity contribution in [1.82, 2.24) is 29.5 Å². The molecule has 1 aliphatic rings. The van der Waals surface area contributed by atoms with Crippen molar-refractivity contribution in [3.63, 3.8) is 0 Å². The second kappa shape index (κ2) is 9.21. The van der Waals surface area contributed by atoms with Gasteiger partial charge in [-0.3, -0.25) is 23.9 Å². The van der Waals surface area contributed by atoms with Crippen LogP contribution in [0.2, 0.25) is 0 Å². The Balaban J connectivity index is 1.65. The second-order valence-electron chi connectivity index (χ2n) is 11.0. The van der Waals surface area contributed by atoms with Crippen LogP contribution in [0, 0.1) is 18.3 Å². The minimum absolute atomic E-state index is 0.158. The predicted octanol–water partition coefficient (Wildman–Crippen LogP) is 4.47. The fourth-order valence-corrected chi connectivity index (χ4v) is 4.90. The van der Waals surface area contributed by atoms with E-state index in [2.05, 4.69) is 53.0 Å². The van der Waals surface area contributed by atoms with Gasteiger partial charge in [0, 0.05) is 37.0 Å². The SMILES string of the molecule is Cc1nccnc1-c1nn2c(=O)cc(-c3ccc(CC(C)(C)C)cc3)[nH]c2c1C(=O)N1C[C@H](CF)[C@@H]1C. The lowest BCUT2D eigenvalue weighted by atomic mass is 9.88. The molecular weight excluding hydrogens is 471 g/mol. The van der Waals surface area contributed by atoms with E-state index in [1.165, 1.54) is 22.3 Å². The van der Waals surface area contributed by atoms with Crippen LogP contribution < -0.4 is 5.56 Å². The lowest BCUT2D eigenvalue weighted by Crippen LogP contribution is -2.58. The molecule has 37 heavy (non-hydrogen) atoms. The molecule has 1 amide bonds. The molecule has 1 aromatic carbocycles. The van der Waals surface area contributed by atoms with Crippen LogP contribution in [0.15, 0.2) is 47.5 Å². The first-order valence-corrected chi connectivity index (χ1v) is 12.5. The van der Waals surface area contributed by atoms with Gasteiger partial charge in [-0.05, 0) is 36.8 Å². The highest BCUT2D eigenvalue weighted by Crippen LogP contribution is 2.33. The van der Waals surface area contributed by atoms with Gasteiger partial charge in [0.25, 0.3) is 11.5 Å². The number of aromatic amines is 1. The summed E-state index contributed by atoms with van der Waals surface area (Å²) in [5, 5.41) is 4.51. The molecule has 1 aliphatic heterocycles. The number of amides is 1. The molecule has 2 atom stereocenters. The number of likely N-dealkylation sites (tertiary alicyclic amines) is 1. The highest BCUT2D eigenvalue weighted by atomic mass is 19.1. The first kappa shape index (κ1) is 24.8. The zero-order chi connectivity index (χ0) is 26.5. The molecule has 0 unspecified atom stereocenters. The number of H-pyrrole nitrogens is 1. The minimum Gasteiger partial charge on any atom is -0.339 e. The van der Waals surface area contributed by atoms with E-state index >= 15 is 0 Å². The van der Waals surface area contributed by atoms with Crippen molar-refractivity contribution in [2.24, 2.45) is 11.3 Å². The molecule has 3 aromatic heterocycles. The summed E-state index contributed by atoms with van der Waals surface area (Å²) in [7, 11) is 0. The number of carbonyl (C=O) groups is 1. The molecule has 0 spiro atoms. The number of halogens is 1. The largest absolute Gasteiger partial charge is 0.339 e. The van der Waals surface area contributed by atoms with Crippen LogP contribution >= 0.6 is 0 Å². The molecule has 1 fully saturated rings. The molecule has 1 saturated heterocycles. The summed E-state index contributed by atoms with van der Waals surface area (Å²) in [5.74, 6) is -0.519. The number of aryl methyl sites for hydroxylation is 1. The van der Waals surface area contributed by atoms with E-state index in [-0.39, 0.29) is 45.7 Å². The van der Waals surface area contributed by atoms with Crippen molar-refractivity contribution in [2.45, 2.75) is 47.1 Å². The van der Waals surface area contributed by atoms with Gasteiger partial charge in [-0.2, -0.15) is 9.61 Å². The maximum absolute atomic E-state index is 13.8. The zero-order valence-corrected chi connectivity index (χ0v) is 21.7. The summed E-state index contributed by atoms with van der Waals surface area (Å²) in [6, 6.07) is 9.27. The fourth-order valence-electron chi connectivity index (χ4n) is 4.90. The topological polar surface area (TPSA) is 96.2 Å². The first-order chi connectivity index (χ1) is 17.6. The Kier molecular flexibility index (Phi) is 6.17. The summed E-state index contributed by atoms with van der Waals surface area (Å²) in [4.78, 5) is 40.6. The van der Waals surface area contributed by atoms with E-state index < -0.39 is 6.67 Å². The molecule has 192 valence electrons. The Labute approximate surface area is 214 Å². The highest BCUT2D eigenvalue weighted by Gasteiger charge is 2.41. The van der Waals surface area contributed by atoms with Crippen molar-refractivity contribution in [2.75, 3.05) is 13.2 Å². The van der Waals surface area contributed by atoms with E-state index in [9.17, 15) is 14.0 Å². The van der Waals surface area contributed by atoms with Crippen molar-refractivity contribution >= 4 is 11.6 Å². The second-order valence-corrected chi connectivity index (χ2v) is 11.0. The summed E-state index contributed by atoms with van der Waals surface area (Å²) in [5.41, 5.74) is 4.18. The molecule has 8 nitrogen and oxygen atoms in total. The average molecular weight is 503 g/mol. The van der Waals surface area contributed by atoms with Crippen molar-refractivity contribution in [3.8, 4) is 22.6 Å². The van der Waals surface area contributed by atoms with Crippen LogP contribution in [0.5, 0.6) is 0 Å². The van der Waals surface area contributed by atoms with Gasteiger partial charge in [-0.15, -0.1) is 0 Å². The van der Waals surface area contributed by atoms with Crippen molar-refractivity contribution in [3.05, 3.63) is 69.9 Å². The quantitative estimate of drug-likeness (QED) is 0.434. The molecule has 0 saturated carbocycles. The lowest BCUT2D eigenvalue weighted by Gasteiger charge is -2.45. The molecule has 5 rings (SSSR count). The summed E-state index contributed by atoms with van der Waals surface area (Å²) in [6.07, 6.45) is 4.02. The lowest BCUT2D eigenvalue weighted by molar-refractivity contribution is 0.0142. The Morgan fingerprint density at radius 3 is 2.46 bits per heavy atom. The van der Waals surface area contributed by atoms with Crippen LogP contribution in [-0.4, -0.2) is 54.6 Å². The number of hydrogen-bond acceptors (Lipinski definition) is 5. The summed E-state index contributed by atoms with van der Waals surface area (Å²) >= 11 is 0. The normalized spacial score (nSPS) is 17.7. The van der Waals surface area contributed by atoms with Gasteiger partial charge in [0.05, 0.1) is 18.1 Å². The van der Waals surface area contributed by atoms with Gasteiger partial charge < -0.3 is 9.88 Å². The van der Waals surface area contributed by atoms with Crippen molar-refractivity contribution in [1.29, 1.82) is 0 Å². The van der Waals surface area contributed by atoms with Crippen LogP contribution in [0.3, 0.4) is 0 Å². The van der Waals surface area contributed by atoms with E-state index in [1.807, 2.05) is 19.1 Å². The molecule has 9 heteroatoms. The predicted molar refractivity (Wildman–Crippen MR) is 140 cm³/mol. The smallest absolute Gasteiger partial charge is 0.274 e. The Morgan fingerprint density at radius 2 is 1.84 bits per heavy atom. The van der Waals surface area contributed by atoms with Gasteiger partial charge in [-0.25, -0.2) is 0 Å². The van der Waals surface area contributed by atoms with Gasteiger partial charge in [0.2, 0.25) is 0 Å². The minimum atomic E-state index is -0.484. The molecule has 4 aromatic rings.